The Morgan fingerprint density at radius 1 is 1.47 bits per heavy atom. The van der Waals surface area contributed by atoms with Gasteiger partial charge < -0.3 is 10.6 Å². The monoisotopic (exact) mass is 260 g/mol. The normalized spacial score (nSPS) is 31.8. The van der Waals surface area contributed by atoms with Crippen molar-refractivity contribution in [3.8, 4) is 0 Å². The third-order valence-electron chi connectivity index (χ3n) is 4.16. The molecule has 100 valence electrons. The quantitative estimate of drug-likeness (QED) is 0.815. The Kier molecular flexibility index (Phi) is 5.26. The van der Waals surface area contributed by atoms with Gasteiger partial charge in [-0.3, -0.25) is 4.79 Å². The van der Waals surface area contributed by atoms with Gasteiger partial charge in [0.1, 0.15) is 0 Å². The predicted molar refractivity (Wildman–Crippen MR) is 72.4 cm³/mol. The second kappa shape index (κ2) is 6.05. The minimum absolute atomic E-state index is 0. The summed E-state index contributed by atoms with van der Waals surface area (Å²) in [6, 6.07) is 0. The molecule has 0 unspecified atom stereocenters. The van der Waals surface area contributed by atoms with Crippen LogP contribution < -0.4 is 10.6 Å². The zero-order chi connectivity index (χ0) is 11.6. The van der Waals surface area contributed by atoms with Crippen LogP contribution in [0.25, 0.3) is 0 Å². The van der Waals surface area contributed by atoms with Crippen molar-refractivity contribution in [3.05, 3.63) is 0 Å². The van der Waals surface area contributed by atoms with E-state index in [9.17, 15) is 4.79 Å². The fourth-order valence-electron chi connectivity index (χ4n) is 3.16. The molecule has 1 saturated carbocycles. The highest BCUT2D eigenvalue weighted by Crippen LogP contribution is 2.43. The van der Waals surface area contributed by atoms with Crippen LogP contribution in [0, 0.1) is 17.3 Å². The Morgan fingerprint density at radius 3 is 2.94 bits per heavy atom. The summed E-state index contributed by atoms with van der Waals surface area (Å²) >= 11 is 0. The fraction of sp³-hybridized carbons (Fsp3) is 0.923. The smallest absolute Gasteiger partial charge is 0.227 e. The Labute approximate surface area is 111 Å². The highest BCUT2D eigenvalue weighted by Gasteiger charge is 2.49. The van der Waals surface area contributed by atoms with Gasteiger partial charge in [-0.05, 0) is 31.2 Å². The summed E-state index contributed by atoms with van der Waals surface area (Å²) in [6.07, 6.45) is 4.82. The Bertz CT molecular complexity index is 270. The third kappa shape index (κ3) is 2.94. The topological polar surface area (TPSA) is 41.1 Å². The molecule has 1 aliphatic heterocycles. The highest BCUT2D eigenvalue weighted by atomic mass is 35.5. The lowest BCUT2D eigenvalue weighted by Gasteiger charge is -2.37. The van der Waals surface area contributed by atoms with Gasteiger partial charge in [-0.15, -0.1) is 12.4 Å². The molecule has 0 aromatic carbocycles. The first-order valence-electron chi connectivity index (χ1n) is 6.64. The molecule has 4 heteroatoms. The first-order chi connectivity index (χ1) is 7.65. The van der Waals surface area contributed by atoms with Crippen molar-refractivity contribution in [1.29, 1.82) is 0 Å². The van der Waals surface area contributed by atoms with Gasteiger partial charge in [0.25, 0.3) is 0 Å². The zero-order valence-electron chi connectivity index (χ0n) is 10.9. The standard InChI is InChI=1S/C13H24N2O.ClH/c1-10(2)7-15-12(16)13-6-4-3-5-11(13)8-14-9-13;/h10-11,14H,3-9H2,1-2H3,(H,15,16);1H/t11-,13+;/m0./s1. The molecule has 3 nitrogen and oxygen atoms in total. The van der Waals surface area contributed by atoms with Crippen LogP contribution in [0.2, 0.25) is 0 Å². The largest absolute Gasteiger partial charge is 0.355 e. The van der Waals surface area contributed by atoms with Crippen LogP contribution in [0.1, 0.15) is 39.5 Å². The van der Waals surface area contributed by atoms with E-state index in [2.05, 4.69) is 24.5 Å². The molecule has 1 heterocycles. The maximum Gasteiger partial charge on any atom is 0.227 e. The average molecular weight is 261 g/mol. The molecule has 1 aliphatic carbocycles. The van der Waals surface area contributed by atoms with E-state index in [1.807, 2.05) is 0 Å². The fourth-order valence-corrected chi connectivity index (χ4v) is 3.16. The first kappa shape index (κ1) is 14.8. The number of hydrogen-bond acceptors (Lipinski definition) is 2. The summed E-state index contributed by atoms with van der Waals surface area (Å²) in [5.41, 5.74) is -0.0762. The molecule has 0 bridgehead atoms. The SMILES string of the molecule is CC(C)CNC(=O)[C@@]12CCCC[C@H]1CNC2.Cl. The number of carbonyl (C=O) groups excluding carboxylic acids is 1. The maximum absolute atomic E-state index is 12.4. The molecule has 0 aromatic rings. The summed E-state index contributed by atoms with van der Waals surface area (Å²) in [4.78, 5) is 12.4. The minimum atomic E-state index is -0.0762. The molecule has 2 aliphatic rings. The van der Waals surface area contributed by atoms with E-state index >= 15 is 0 Å². The molecule has 2 atom stereocenters. The first-order valence-corrected chi connectivity index (χ1v) is 6.64. The molecular formula is C13H25ClN2O. The van der Waals surface area contributed by atoms with Crippen molar-refractivity contribution in [2.24, 2.45) is 17.3 Å². The highest BCUT2D eigenvalue weighted by molar-refractivity contribution is 5.85. The second-order valence-corrected chi connectivity index (χ2v) is 5.83. The molecule has 0 aromatic heterocycles. The summed E-state index contributed by atoms with van der Waals surface area (Å²) in [6.45, 7) is 7.02. The number of fused-ring (bicyclic) bond motifs is 1. The van der Waals surface area contributed by atoms with E-state index in [4.69, 9.17) is 0 Å². The van der Waals surface area contributed by atoms with Gasteiger partial charge in [0, 0.05) is 13.1 Å². The lowest BCUT2D eigenvalue weighted by Crippen LogP contribution is -2.48. The van der Waals surface area contributed by atoms with Crippen LogP contribution >= 0.6 is 12.4 Å². The van der Waals surface area contributed by atoms with Gasteiger partial charge in [0.05, 0.1) is 5.41 Å². The Hall–Kier alpha value is -0.280. The number of halogens is 1. The van der Waals surface area contributed by atoms with Crippen molar-refractivity contribution in [3.63, 3.8) is 0 Å². The Balaban J connectivity index is 0.00000144. The number of rotatable bonds is 3. The summed E-state index contributed by atoms with van der Waals surface area (Å²) in [5.74, 6) is 1.42. The predicted octanol–water partition coefficient (Wildman–Crippen LogP) is 1.96. The van der Waals surface area contributed by atoms with Crippen molar-refractivity contribution in [1.82, 2.24) is 10.6 Å². The van der Waals surface area contributed by atoms with Gasteiger partial charge in [0.2, 0.25) is 5.91 Å². The molecule has 0 spiro atoms. The van der Waals surface area contributed by atoms with Crippen LogP contribution in [0.4, 0.5) is 0 Å². The zero-order valence-corrected chi connectivity index (χ0v) is 11.7. The number of amides is 1. The Morgan fingerprint density at radius 2 is 2.24 bits per heavy atom. The number of nitrogens with one attached hydrogen (secondary N) is 2. The number of carbonyl (C=O) groups is 1. The van der Waals surface area contributed by atoms with Crippen LogP contribution in [0.15, 0.2) is 0 Å². The van der Waals surface area contributed by atoms with Crippen molar-refractivity contribution in [2.75, 3.05) is 19.6 Å². The molecule has 17 heavy (non-hydrogen) atoms. The van der Waals surface area contributed by atoms with Crippen LogP contribution in [0.5, 0.6) is 0 Å². The van der Waals surface area contributed by atoms with E-state index in [0.717, 1.165) is 26.1 Å². The van der Waals surface area contributed by atoms with E-state index in [1.54, 1.807) is 0 Å². The molecule has 0 radical (unpaired) electrons. The van der Waals surface area contributed by atoms with Gasteiger partial charge >= 0.3 is 0 Å². The van der Waals surface area contributed by atoms with Crippen LogP contribution in [0.3, 0.4) is 0 Å². The van der Waals surface area contributed by atoms with Crippen LogP contribution in [-0.2, 0) is 4.79 Å². The van der Waals surface area contributed by atoms with Crippen molar-refractivity contribution < 1.29 is 4.79 Å². The van der Waals surface area contributed by atoms with Crippen molar-refractivity contribution in [2.45, 2.75) is 39.5 Å². The third-order valence-corrected chi connectivity index (χ3v) is 4.16. The molecular weight excluding hydrogens is 236 g/mol. The van der Waals surface area contributed by atoms with E-state index < -0.39 is 0 Å². The van der Waals surface area contributed by atoms with Gasteiger partial charge in [-0.2, -0.15) is 0 Å². The second-order valence-electron chi connectivity index (χ2n) is 5.83. The number of hydrogen-bond donors (Lipinski definition) is 2. The molecule has 2 fully saturated rings. The van der Waals surface area contributed by atoms with E-state index in [-0.39, 0.29) is 17.8 Å². The molecule has 2 rings (SSSR count). The van der Waals surface area contributed by atoms with Gasteiger partial charge in [-0.1, -0.05) is 26.7 Å². The minimum Gasteiger partial charge on any atom is -0.355 e. The molecule has 1 amide bonds. The summed E-state index contributed by atoms with van der Waals surface area (Å²) < 4.78 is 0. The lowest BCUT2D eigenvalue weighted by molar-refractivity contribution is -0.134. The van der Waals surface area contributed by atoms with Crippen LogP contribution in [-0.4, -0.2) is 25.5 Å². The van der Waals surface area contributed by atoms with Gasteiger partial charge in [-0.25, -0.2) is 0 Å². The van der Waals surface area contributed by atoms with Gasteiger partial charge in [0.15, 0.2) is 0 Å². The lowest BCUT2D eigenvalue weighted by atomic mass is 9.67. The molecule has 1 saturated heterocycles. The summed E-state index contributed by atoms with van der Waals surface area (Å²) in [7, 11) is 0. The average Bonchev–Trinajstić information content (AvgIpc) is 2.70. The van der Waals surface area contributed by atoms with Crippen molar-refractivity contribution >= 4 is 18.3 Å². The molecule has 2 N–H and O–H groups in total. The van der Waals surface area contributed by atoms with E-state index in [1.165, 1.54) is 19.3 Å². The van der Waals surface area contributed by atoms with E-state index in [0.29, 0.717) is 17.7 Å². The maximum atomic E-state index is 12.4. The summed E-state index contributed by atoms with van der Waals surface area (Å²) in [5, 5.41) is 6.55.